The molecule has 3 unspecified atom stereocenters. The summed E-state index contributed by atoms with van der Waals surface area (Å²) in [6, 6.07) is 23.1. The number of hydrogen-bond donors (Lipinski definition) is 3. The van der Waals surface area contributed by atoms with Crippen molar-refractivity contribution in [1.82, 2.24) is 0 Å². The molecular formula is C29H23FNO7PS. The number of phenols is 1. The summed E-state index contributed by atoms with van der Waals surface area (Å²) in [6.45, 7) is 0. The van der Waals surface area contributed by atoms with E-state index in [1.807, 2.05) is 0 Å². The van der Waals surface area contributed by atoms with Gasteiger partial charge in [0.15, 0.2) is 5.78 Å². The van der Waals surface area contributed by atoms with Crippen molar-refractivity contribution in [3.63, 3.8) is 0 Å². The van der Waals surface area contributed by atoms with E-state index in [4.69, 9.17) is 0 Å². The quantitative estimate of drug-likeness (QED) is 0.163. The number of aromatic hydroxyl groups is 1. The van der Waals surface area contributed by atoms with Gasteiger partial charge in [0, 0.05) is 27.6 Å². The van der Waals surface area contributed by atoms with Gasteiger partial charge in [-0.15, -0.1) is 0 Å². The molecule has 4 aromatic carbocycles. The largest absolute Gasteiger partial charge is 0.508 e. The fourth-order valence-electron chi connectivity index (χ4n) is 4.66. The molecule has 0 aromatic heterocycles. The Hall–Kier alpha value is -3.95. The lowest BCUT2D eigenvalue weighted by Crippen LogP contribution is -2.61. The molecule has 0 saturated carbocycles. The van der Waals surface area contributed by atoms with Gasteiger partial charge in [-0.1, -0.05) is 42.5 Å². The molecule has 3 N–H and O–H groups in total. The fourth-order valence-corrected chi connectivity index (χ4v) is 6.69. The second-order valence-electron chi connectivity index (χ2n) is 9.23. The molecule has 4 aromatic rings. The molecule has 1 fully saturated rings. The molecule has 11 heteroatoms. The molecule has 8 nitrogen and oxygen atoms in total. The van der Waals surface area contributed by atoms with Crippen LogP contribution in [0.5, 0.6) is 5.75 Å². The maximum Gasteiger partial charge on any atom is 0.356 e. The van der Waals surface area contributed by atoms with Crippen LogP contribution < -0.4 is 10.2 Å². The Balaban J connectivity index is 1.46. The van der Waals surface area contributed by atoms with E-state index in [0.29, 0.717) is 22.4 Å². The summed E-state index contributed by atoms with van der Waals surface area (Å²) >= 11 is 0. The van der Waals surface area contributed by atoms with Gasteiger partial charge in [0.1, 0.15) is 16.8 Å². The molecule has 0 aliphatic carbocycles. The topological polar surface area (TPSA) is 132 Å². The highest BCUT2D eigenvalue weighted by molar-refractivity contribution is 7.87. The lowest BCUT2D eigenvalue weighted by molar-refractivity contribution is -0.123. The molecule has 0 spiro atoms. The predicted octanol–water partition coefficient (Wildman–Crippen LogP) is 4.09. The maximum atomic E-state index is 13.4. The van der Waals surface area contributed by atoms with E-state index >= 15 is 0 Å². The first kappa shape index (κ1) is 27.6. The van der Waals surface area contributed by atoms with Crippen LogP contribution in [0.15, 0.2) is 97.1 Å². The first-order chi connectivity index (χ1) is 19.0. The number of para-hydroxylation sites is 1. The zero-order valence-electron chi connectivity index (χ0n) is 20.8. The van der Waals surface area contributed by atoms with Crippen molar-refractivity contribution in [3.8, 4) is 16.9 Å². The predicted molar refractivity (Wildman–Crippen MR) is 149 cm³/mol. The first-order valence-electron chi connectivity index (χ1n) is 12.1. The van der Waals surface area contributed by atoms with Crippen LogP contribution in [-0.2, 0) is 20.2 Å². The summed E-state index contributed by atoms with van der Waals surface area (Å²) in [5, 5.41) is 9.80. The Kier molecular flexibility index (Phi) is 7.53. The Labute approximate surface area is 231 Å². The number of phenolic OH excluding ortho intramolecular Hbond substituents is 1. The standard InChI is InChI=1S/C29H23FNO7PS/c30-21-11-6-19(7-12-21)26(33)17-40(38)28-27(31(29(28)34)22-4-2-1-3-5-22)24-15-10-20(16-25(24)32)18-8-13-23(14-9-18)39(35,36)37/h1-16,27-28,32H,17H2,(H2,35,36,37). The van der Waals surface area contributed by atoms with Crippen molar-refractivity contribution in [2.45, 2.75) is 11.3 Å². The number of amides is 1. The van der Waals surface area contributed by atoms with Crippen molar-refractivity contribution in [2.24, 2.45) is 0 Å². The SMILES string of the molecule is O=C(CS(=O)C1C(=O)N(c2ccccc2)C1c1ccc(-c2ccc(P(=O)(O)O)cc2)cc1O)c1ccc(F)cc1. The number of carbonyl (C=O) groups is 2. The van der Waals surface area contributed by atoms with Crippen molar-refractivity contribution in [3.05, 3.63) is 114 Å². The van der Waals surface area contributed by atoms with E-state index in [-0.39, 0.29) is 16.6 Å². The van der Waals surface area contributed by atoms with Gasteiger partial charge in [-0.05, 0) is 65.7 Å². The van der Waals surface area contributed by atoms with Crippen LogP contribution in [0.2, 0.25) is 0 Å². The highest BCUT2D eigenvalue weighted by Gasteiger charge is 2.53. The monoisotopic (exact) mass is 579 g/mol. The van der Waals surface area contributed by atoms with Gasteiger partial charge in [-0.3, -0.25) is 18.4 Å². The third-order valence-corrected chi connectivity index (χ3v) is 9.23. The smallest absolute Gasteiger partial charge is 0.356 e. The number of carbonyl (C=O) groups excluding carboxylic acids is 2. The van der Waals surface area contributed by atoms with Gasteiger partial charge in [-0.25, -0.2) is 4.39 Å². The van der Waals surface area contributed by atoms with Crippen molar-refractivity contribution in [1.29, 1.82) is 0 Å². The van der Waals surface area contributed by atoms with E-state index in [0.717, 1.165) is 12.1 Å². The Morgan fingerprint density at radius 3 is 2.12 bits per heavy atom. The van der Waals surface area contributed by atoms with Crippen molar-refractivity contribution in [2.75, 3.05) is 10.7 Å². The van der Waals surface area contributed by atoms with Crippen LogP contribution in [0.1, 0.15) is 22.0 Å². The molecule has 1 heterocycles. The summed E-state index contributed by atoms with van der Waals surface area (Å²) in [6.07, 6.45) is 0. The summed E-state index contributed by atoms with van der Waals surface area (Å²) in [7, 11) is -6.35. The van der Waals surface area contributed by atoms with Crippen LogP contribution in [0.4, 0.5) is 10.1 Å². The van der Waals surface area contributed by atoms with E-state index in [2.05, 4.69) is 0 Å². The van der Waals surface area contributed by atoms with Crippen molar-refractivity contribution >= 4 is 41.1 Å². The third kappa shape index (κ3) is 5.39. The summed E-state index contributed by atoms with van der Waals surface area (Å²) in [5.41, 5.74) is 2.18. The molecule has 204 valence electrons. The van der Waals surface area contributed by atoms with Crippen LogP contribution in [0.3, 0.4) is 0 Å². The number of nitrogens with zero attached hydrogens (tertiary/aromatic N) is 1. The van der Waals surface area contributed by atoms with Crippen molar-refractivity contribution < 1.29 is 37.6 Å². The Morgan fingerprint density at radius 1 is 0.900 bits per heavy atom. The van der Waals surface area contributed by atoms with Gasteiger partial charge in [0.2, 0.25) is 5.91 Å². The normalized spacial score (nSPS) is 17.8. The summed E-state index contributed by atoms with van der Waals surface area (Å²) in [5.74, 6) is -2.10. The number of ketones is 1. The van der Waals surface area contributed by atoms with E-state index in [1.165, 1.54) is 47.4 Å². The molecule has 40 heavy (non-hydrogen) atoms. The first-order valence-corrected chi connectivity index (χ1v) is 15.1. The number of β-lactam (4-membered cyclic amide) rings is 1. The number of anilines is 1. The molecular weight excluding hydrogens is 556 g/mol. The van der Waals surface area contributed by atoms with Gasteiger partial charge < -0.3 is 19.8 Å². The average Bonchev–Trinajstić information content (AvgIpc) is 2.92. The molecule has 1 amide bonds. The van der Waals surface area contributed by atoms with Crippen LogP contribution in [-0.4, -0.2) is 41.8 Å². The highest BCUT2D eigenvalue weighted by atomic mass is 32.2. The maximum absolute atomic E-state index is 13.4. The Morgan fingerprint density at radius 2 is 1.52 bits per heavy atom. The second kappa shape index (κ2) is 10.9. The van der Waals surface area contributed by atoms with Crippen LogP contribution >= 0.6 is 7.60 Å². The number of hydrogen-bond acceptors (Lipinski definition) is 5. The highest BCUT2D eigenvalue weighted by Crippen LogP contribution is 2.45. The van der Waals surface area contributed by atoms with E-state index < -0.39 is 52.9 Å². The van der Waals surface area contributed by atoms with Crippen LogP contribution in [0.25, 0.3) is 11.1 Å². The number of benzene rings is 4. The number of Topliss-reactive ketones (excluding diaryl/α,β-unsaturated/α-hetero) is 1. The molecule has 1 saturated heterocycles. The molecule has 5 rings (SSSR count). The van der Waals surface area contributed by atoms with Gasteiger partial charge >= 0.3 is 7.60 Å². The van der Waals surface area contributed by atoms with E-state index in [9.17, 15) is 37.6 Å². The third-order valence-electron chi connectivity index (χ3n) is 6.69. The zero-order valence-corrected chi connectivity index (χ0v) is 22.5. The average molecular weight is 580 g/mol. The Bertz CT molecular complexity index is 1660. The molecule has 0 bridgehead atoms. The summed E-state index contributed by atoms with van der Waals surface area (Å²) < 4.78 is 38.1. The van der Waals surface area contributed by atoms with Gasteiger partial charge in [0.25, 0.3) is 0 Å². The summed E-state index contributed by atoms with van der Waals surface area (Å²) in [4.78, 5) is 46.1. The number of halogens is 1. The van der Waals surface area contributed by atoms with Crippen LogP contribution in [0, 0.1) is 5.82 Å². The minimum absolute atomic E-state index is 0.135. The molecule has 1 aliphatic rings. The second-order valence-corrected chi connectivity index (χ2v) is 12.4. The van der Waals surface area contributed by atoms with E-state index in [1.54, 1.807) is 42.5 Å². The minimum Gasteiger partial charge on any atom is -0.508 e. The lowest BCUT2D eigenvalue weighted by atomic mass is 9.90. The van der Waals surface area contributed by atoms with Gasteiger partial charge in [-0.2, -0.15) is 0 Å². The number of rotatable bonds is 8. The molecule has 1 aliphatic heterocycles. The molecule has 3 atom stereocenters. The zero-order chi connectivity index (χ0) is 28.6. The lowest BCUT2D eigenvalue weighted by Gasteiger charge is -2.46. The minimum atomic E-state index is -4.40. The molecule has 0 radical (unpaired) electrons. The fraction of sp³-hybridized carbons (Fsp3) is 0.103. The van der Waals surface area contributed by atoms with Gasteiger partial charge in [0.05, 0.1) is 17.1 Å².